The smallest absolute Gasteiger partial charge is 0.204 e. The lowest BCUT2D eigenvalue weighted by atomic mass is 9.80. The number of hydrogen-bond donors (Lipinski definition) is 0. The summed E-state index contributed by atoms with van der Waals surface area (Å²) in [5.41, 5.74) is 0.837. The van der Waals surface area contributed by atoms with Crippen LogP contribution in [0, 0.1) is 41.0 Å². The molecule has 2 atom stereocenters. The zero-order chi connectivity index (χ0) is 25.7. The van der Waals surface area contributed by atoms with Crippen molar-refractivity contribution in [2.45, 2.75) is 71.1 Å². The van der Waals surface area contributed by atoms with Crippen molar-refractivity contribution < 1.29 is 27.0 Å². The largest absolute Gasteiger partial charge is 0.491 e. The average molecular weight is 505 g/mol. The molecule has 2 aliphatic rings. The lowest BCUT2D eigenvalue weighted by Crippen LogP contribution is -2.17. The summed E-state index contributed by atoms with van der Waals surface area (Å²) in [6, 6.07) is 6.17. The van der Waals surface area contributed by atoms with E-state index < -0.39 is 23.3 Å². The molecular formula is C30H36F4O2. The van der Waals surface area contributed by atoms with Crippen LogP contribution < -0.4 is 9.47 Å². The molecule has 0 aliphatic heterocycles. The summed E-state index contributed by atoms with van der Waals surface area (Å²) >= 11 is 0. The van der Waals surface area contributed by atoms with Gasteiger partial charge in [0.05, 0.1) is 13.2 Å². The minimum absolute atomic E-state index is 0.0272. The van der Waals surface area contributed by atoms with Crippen molar-refractivity contribution in [2.75, 3.05) is 13.2 Å². The molecule has 2 unspecified atom stereocenters. The fourth-order valence-electron chi connectivity index (χ4n) is 5.43. The molecule has 2 nitrogen and oxygen atoms in total. The number of allylic oxidation sites excluding steroid dienone is 1. The third kappa shape index (κ3) is 6.24. The van der Waals surface area contributed by atoms with E-state index in [1.54, 1.807) is 19.1 Å². The second kappa shape index (κ2) is 12.2. The monoisotopic (exact) mass is 504 g/mol. The van der Waals surface area contributed by atoms with Crippen molar-refractivity contribution in [2.24, 2.45) is 17.8 Å². The molecule has 0 saturated heterocycles. The van der Waals surface area contributed by atoms with Gasteiger partial charge in [0.25, 0.3) is 0 Å². The fourth-order valence-corrected chi connectivity index (χ4v) is 5.43. The van der Waals surface area contributed by atoms with Gasteiger partial charge in [-0.3, -0.25) is 0 Å². The van der Waals surface area contributed by atoms with Gasteiger partial charge in [-0.2, -0.15) is 8.78 Å². The lowest BCUT2D eigenvalue weighted by molar-refractivity contribution is 0.243. The normalized spacial score (nSPS) is 24.1. The summed E-state index contributed by atoms with van der Waals surface area (Å²) < 4.78 is 68.7. The Morgan fingerprint density at radius 2 is 1.44 bits per heavy atom. The Kier molecular flexibility index (Phi) is 8.97. The summed E-state index contributed by atoms with van der Waals surface area (Å²) in [5.74, 6) is -2.78. The lowest BCUT2D eigenvalue weighted by Gasteiger charge is -2.26. The third-order valence-electron chi connectivity index (χ3n) is 7.78. The topological polar surface area (TPSA) is 18.5 Å². The molecule has 0 spiro atoms. The molecule has 0 radical (unpaired) electrons. The van der Waals surface area contributed by atoms with Crippen molar-refractivity contribution in [1.29, 1.82) is 0 Å². The van der Waals surface area contributed by atoms with Gasteiger partial charge in [0.1, 0.15) is 0 Å². The van der Waals surface area contributed by atoms with E-state index in [4.69, 9.17) is 9.47 Å². The molecular weight excluding hydrogens is 468 g/mol. The second-order valence-corrected chi connectivity index (χ2v) is 10.4. The van der Waals surface area contributed by atoms with Crippen LogP contribution in [0.4, 0.5) is 17.6 Å². The maximum absolute atomic E-state index is 15.0. The van der Waals surface area contributed by atoms with E-state index in [0.29, 0.717) is 36.3 Å². The molecule has 2 aliphatic carbocycles. The van der Waals surface area contributed by atoms with Gasteiger partial charge in [-0.05, 0) is 67.7 Å². The average Bonchev–Trinajstić information content (AvgIpc) is 2.89. The van der Waals surface area contributed by atoms with Crippen LogP contribution in [0.2, 0.25) is 0 Å². The molecule has 1 saturated carbocycles. The van der Waals surface area contributed by atoms with Crippen LogP contribution in [0.5, 0.6) is 11.5 Å². The summed E-state index contributed by atoms with van der Waals surface area (Å²) in [6.45, 7) is 4.38. The Labute approximate surface area is 211 Å². The van der Waals surface area contributed by atoms with E-state index in [2.05, 4.69) is 6.92 Å². The second-order valence-electron chi connectivity index (χ2n) is 10.4. The standard InChI is InChI=1S/C30H36F4O2/c1-3-35-25-16-17-26(30(34)29(25)33)36-18-21-9-11-22(12-10-21)24-15-14-23(27(31)28(24)32)13-8-20-6-4-19(2)5-7-20/h9,11,14-17,19-22H,3-8,10,12-13,18H2,1-2H3. The van der Waals surface area contributed by atoms with Crippen molar-refractivity contribution in [3.8, 4) is 11.5 Å². The zero-order valence-corrected chi connectivity index (χ0v) is 21.2. The summed E-state index contributed by atoms with van der Waals surface area (Å²) in [5, 5.41) is 0. The van der Waals surface area contributed by atoms with Crippen molar-refractivity contribution >= 4 is 0 Å². The van der Waals surface area contributed by atoms with Gasteiger partial charge in [-0.15, -0.1) is 0 Å². The van der Waals surface area contributed by atoms with Gasteiger partial charge < -0.3 is 9.47 Å². The van der Waals surface area contributed by atoms with E-state index >= 15 is 0 Å². The molecule has 0 aromatic heterocycles. The highest BCUT2D eigenvalue weighted by atomic mass is 19.2. The van der Waals surface area contributed by atoms with Crippen LogP contribution in [0.25, 0.3) is 0 Å². The van der Waals surface area contributed by atoms with Crippen LogP contribution in [0.15, 0.2) is 36.4 Å². The molecule has 0 heterocycles. The van der Waals surface area contributed by atoms with Gasteiger partial charge in [-0.25, -0.2) is 8.78 Å². The number of rotatable bonds is 9. The Morgan fingerprint density at radius 3 is 2.08 bits per heavy atom. The van der Waals surface area contributed by atoms with Gasteiger partial charge in [0.15, 0.2) is 23.1 Å². The summed E-state index contributed by atoms with van der Waals surface area (Å²) in [6.07, 6.45) is 11.4. The van der Waals surface area contributed by atoms with E-state index in [1.807, 2.05) is 12.2 Å². The molecule has 0 N–H and O–H groups in total. The first-order chi connectivity index (χ1) is 17.4. The Morgan fingerprint density at radius 1 is 0.750 bits per heavy atom. The highest BCUT2D eigenvalue weighted by Crippen LogP contribution is 2.36. The molecule has 4 rings (SSSR count). The molecule has 36 heavy (non-hydrogen) atoms. The van der Waals surface area contributed by atoms with Crippen LogP contribution in [0.3, 0.4) is 0 Å². The SMILES string of the molecule is CCOc1ccc(OCC2C=CC(c3ccc(CCC4CCC(C)CC4)c(F)c3F)CC2)c(F)c1F. The van der Waals surface area contributed by atoms with Crippen molar-refractivity contribution in [3.05, 3.63) is 70.8 Å². The highest BCUT2D eigenvalue weighted by molar-refractivity contribution is 5.35. The number of hydrogen-bond acceptors (Lipinski definition) is 2. The maximum atomic E-state index is 15.0. The number of benzene rings is 2. The highest BCUT2D eigenvalue weighted by Gasteiger charge is 2.25. The van der Waals surface area contributed by atoms with E-state index in [-0.39, 0.29) is 36.5 Å². The van der Waals surface area contributed by atoms with Crippen molar-refractivity contribution in [1.82, 2.24) is 0 Å². The van der Waals surface area contributed by atoms with E-state index in [9.17, 15) is 17.6 Å². The number of ether oxygens (including phenoxy) is 2. The van der Waals surface area contributed by atoms with Gasteiger partial charge in [0, 0.05) is 11.8 Å². The molecule has 2 aromatic rings. The molecule has 0 bridgehead atoms. The predicted octanol–water partition coefficient (Wildman–Crippen LogP) is 8.53. The van der Waals surface area contributed by atoms with Gasteiger partial charge in [0.2, 0.25) is 11.6 Å². The van der Waals surface area contributed by atoms with Gasteiger partial charge in [-0.1, -0.05) is 56.9 Å². The van der Waals surface area contributed by atoms with Gasteiger partial charge >= 0.3 is 0 Å². The van der Waals surface area contributed by atoms with E-state index in [0.717, 1.165) is 12.3 Å². The third-order valence-corrected chi connectivity index (χ3v) is 7.78. The minimum Gasteiger partial charge on any atom is -0.491 e. The summed E-state index contributed by atoms with van der Waals surface area (Å²) in [4.78, 5) is 0. The first-order valence-electron chi connectivity index (χ1n) is 13.3. The predicted molar refractivity (Wildman–Crippen MR) is 133 cm³/mol. The Balaban J connectivity index is 1.32. The first-order valence-corrected chi connectivity index (χ1v) is 13.3. The Bertz CT molecular complexity index is 1060. The molecule has 6 heteroatoms. The van der Waals surface area contributed by atoms with Crippen LogP contribution in [-0.4, -0.2) is 13.2 Å². The minimum atomic E-state index is -1.07. The fraction of sp³-hybridized carbons (Fsp3) is 0.533. The summed E-state index contributed by atoms with van der Waals surface area (Å²) in [7, 11) is 0. The molecule has 196 valence electrons. The van der Waals surface area contributed by atoms with Crippen LogP contribution in [-0.2, 0) is 6.42 Å². The number of halogens is 4. The van der Waals surface area contributed by atoms with E-state index in [1.165, 1.54) is 37.8 Å². The maximum Gasteiger partial charge on any atom is 0.204 e. The van der Waals surface area contributed by atoms with Crippen LogP contribution in [0.1, 0.15) is 75.8 Å². The number of aryl methyl sites for hydroxylation is 1. The zero-order valence-electron chi connectivity index (χ0n) is 21.2. The molecule has 0 amide bonds. The quantitative estimate of drug-likeness (QED) is 0.252. The first kappa shape index (κ1) is 26.6. The molecule has 1 fully saturated rings. The van der Waals surface area contributed by atoms with Crippen LogP contribution >= 0.6 is 0 Å². The molecule has 2 aromatic carbocycles. The van der Waals surface area contributed by atoms with Crippen molar-refractivity contribution in [3.63, 3.8) is 0 Å². The Hall–Kier alpha value is -2.50.